The predicted molar refractivity (Wildman–Crippen MR) is 104 cm³/mol. The van der Waals surface area contributed by atoms with Crippen molar-refractivity contribution in [2.24, 2.45) is 0 Å². The van der Waals surface area contributed by atoms with Gasteiger partial charge in [0.15, 0.2) is 0 Å². The summed E-state index contributed by atoms with van der Waals surface area (Å²) < 4.78 is 5.26. The number of anilines is 2. The number of nitrogens with one attached hydrogen (secondary N) is 2. The molecule has 3 aromatic rings. The molecule has 0 spiro atoms. The number of benzene rings is 1. The normalized spacial score (nSPS) is 10.4. The fraction of sp³-hybridized carbons (Fsp3) is 0.250. The fourth-order valence-electron chi connectivity index (χ4n) is 2.57. The summed E-state index contributed by atoms with van der Waals surface area (Å²) in [5.41, 5.74) is 3.08. The van der Waals surface area contributed by atoms with E-state index < -0.39 is 0 Å². The molecule has 0 saturated carbocycles. The van der Waals surface area contributed by atoms with Gasteiger partial charge in [0.25, 0.3) is 0 Å². The van der Waals surface area contributed by atoms with E-state index in [-0.39, 0.29) is 0 Å². The van der Waals surface area contributed by atoms with Gasteiger partial charge >= 0.3 is 0 Å². The first-order chi connectivity index (χ1) is 12.7. The Morgan fingerprint density at radius 2 is 1.92 bits per heavy atom. The van der Waals surface area contributed by atoms with E-state index in [4.69, 9.17) is 4.74 Å². The van der Waals surface area contributed by atoms with Gasteiger partial charge in [0.1, 0.15) is 11.6 Å². The van der Waals surface area contributed by atoms with E-state index in [1.54, 1.807) is 13.3 Å². The van der Waals surface area contributed by atoms with Crippen molar-refractivity contribution in [3.05, 3.63) is 71.7 Å². The molecule has 0 radical (unpaired) electrons. The number of pyridine rings is 1. The van der Waals surface area contributed by atoms with Crippen LogP contribution in [0.1, 0.15) is 17.0 Å². The summed E-state index contributed by atoms with van der Waals surface area (Å²) >= 11 is 0. The number of hydrogen-bond acceptors (Lipinski definition) is 6. The SMILES string of the molecule is COc1cccc(CCNc2cc(C)nc(NCc3ccccn3)n2)c1. The first-order valence-corrected chi connectivity index (χ1v) is 8.59. The molecular formula is C20H23N5O. The van der Waals surface area contributed by atoms with Gasteiger partial charge in [-0.2, -0.15) is 4.98 Å². The molecule has 0 saturated heterocycles. The first-order valence-electron chi connectivity index (χ1n) is 8.59. The van der Waals surface area contributed by atoms with Crippen LogP contribution in [0.2, 0.25) is 0 Å². The van der Waals surface area contributed by atoms with Crippen LogP contribution < -0.4 is 15.4 Å². The molecule has 0 aliphatic rings. The van der Waals surface area contributed by atoms with Crippen molar-refractivity contribution in [3.8, 4) is 5.75 Å². The van der Waals surface area contributed by atoms with Crippen molar-refractivity contribution in [2.75, 3.05) is 24.3 Å². The lowest BCUT2D eigenvalue weighted by atomic mass is 10.1. The first kappa shape index (κ1) is 17.7. The minimum absolute atomic E-state index is 0.591. The molecule has 0 amide bonds. The van der Waals surface area contributed by atoms with Crippen molar-refractivity contribution in [1.29, 1.82) is 0 Å². The van der Waals surface area contributed by atoms with Gasteiger partial charge in [-0.05, 0) is 43.2 Å². The fourth-order valence-corrected chi connectivity index (χ4v) is 2.57. The summed E-state index contributed by atoms with van der Waals surface area (Å²) in [7, 11) is 1.68. The summed E-state index contributed by atoms with van der Waals surface area (Å²) in [6.45, 7) is 3.33. The second kappa shape index (κ2) is 8.80. The van der Waals surface area contributed by atoms with Crippen LogP contribution in [0.5, 0.6) is 5.75 Å². The largest absolute Gasteiger partial charge is 0.497 e. The zero-order chi connectivity index (χ0) is 18.2. The van der Waals surface area contributed by atoms with Crippen LogP contribution in [0.25, 0.3) is 0 Å². The van der Waals surface area contributed by atoms with Gasteiger partial charge in [-0.15, -0.1) is 0 Å². The van der Waals surface area contributed by atoms with Crippen LogP contribution in [0.15, 0.2) is 54.7 Å². The molecule has 1 aromatic carbocycles. The van der Waals surface area contributed by atoms with E-state index in [1.165, 1.54) is 5.56 Å². The summed E-state index contributed by atoms with van der Waals surface area (Å²) in [5, 5.41) is 6.59. The van der Waals surface area contributed by atoms with Gasteiger partial charge in [0.05, 0.1) is 19.3 Å². The second-order valence-electron chi connectivity index (χ2n) is 5.92. The van der Waals surface area contributed by atoms with E-state index in [0.29, 0.717) is 12.5 Å². The van der Waals surface area contributed by atoms with Crippen molar-refractivity contribution in [1.82, 2.24) is 15.0 Å². The Bertz CT molecular complexity index is 839. The third kappa shape index (κ3) is 5.17. The van der Waals surface area contributed by atoms with E-state index >= 15 is 0 Å². The minimum Gasteiger partial charge on any atom is -0.497 e. The molecule has 2 N–H and O–H groups in total. The molecule has 0 unspecified atom stereocenters. The summed E-state index contributed by atoms with van der Waals surface area (Å²) in [6.07, 6.45) is 2.66. The van der Waals surface area contributed by atoms with Crippen LogP contribution in [-0.2, 0) is 13.0 Å². The Morgan fingerprint density at radius 1 is 1.00 bits per heavy atom. The van der Waals surface area contributed by atoms with Crippen molar-refractivity contribution in [3.63, 3.8) is 0 Å². The maximum atomic E-state index is 5.26. The van der Waals surface area contributed by atoms with Crippen molar-refractivity contribution >= 4 is 11.8 Å². The van der Waals surface area contributed by atoms with E-state index in [9.17, 15) is 0 Å². The highest BCUT2D eigenvalue weighted by Crippen LogP contribution is 2.14. The molecular weight excluding hydrogens is 326 g/mol. The lowest BCUT2D eigenvalue weighted by molar-refractivity contribution is 0.414. The Balaban J connectivity index is 1.56. The number of aromatic nitrogens is 3. The van der Waals surface area contributed by atoms with Crippen molar-refractivity contribution in [2.45, 2.75) is 19.9 Å². The topological polar surface area (TPSA) is 72.0 Å². The van der Waals surface area contributed by atoms with Crippen LogP contribution in [0.3, 0.4) is 0 Å². The van der Waals surface area contributed by atoms with E-state index in [2.05, 4.69) is 31.7 Å². The minimum atomic E-state index is 0.591. The average Bonchev–Trinajstić information content (AvgIpc) is 2.67. The third-order valence-corrected chi connectivity index (χ3v) is 3.86. The maximum Gasteiger partial charge on any atom is 0.225 e. The molecule has 0 aliphatic heterocycles. The Labute approximate surface area is 153 Å². The lowest BCUT2D eigenvalue weighted by Crippen LogP contribution is -2.10. The molecule has 6 heteroatoms. The molecule has 0 atom stereocenters. The maximum absolute atomic E-state index is 5.26. The predicted octanol–water partition coefficient (Wildman–Crippen LogP) is 3.46. The monoisotopic (exact) mass is 349 g/mol. The summed E-state index contributed by atoms with van der Waals surface area (Å²) in [5.74, 6) is 2.28. The number of ether oxygens (including phenoxy) is 1. The second-order valence-corrected chi connectivity index (χ2v) is 5.92. The van der Waals surface area contributed by atoms with Crippen molar-refractivity contribution < 1.29 is 4.74 Å². The Kier molecular flexibility index (Phi) is 5.98. The summed E-state index contributed by atoms with van der Waals surface area (Å²) in [4.78, 5) is 13.3. The molecule has 2 heterocycles. The molecule has 3 rings (SSSR count). The van der Waals surface area contributed by atoms with Crippen LogP contribution in [0, 0.1) is 6.92 Å². The number of aryl methyl sites for hydroxylation is 1. The highest BCUT2D eigenvalue weighted by Gasteiger charge is 2.03. The standard InChI is InChI=1S/C20H23N5O/c1-15-12-19(22-11-9-16-6-5-8-18(13-16)26-2)25-20(24-15)23-14-17-7-3-4-10-21-17/h3-8,10,12-13H,9,11,14H2,1-2H3,(H2,22,23,24,25). The van der Waals surface area contributed by atoms with Gasteiger partial charge in [-0.25, -0.2) is 4.98 Å². The molecule has 6 nitrogen and oxygen atoms in total. The Hall–Kier alpha value is -3.15. The zero-order valence-corrected chi connectivity index (χ0v) is 15.1. The van der Waals surface area contributed by atoms with E-state index in [0.717, 1.165) is 35.9 Å². The highest BCUT2D eigenvalue weighted by molar-refractivity contribution is 5.42. The number of rotatable bonds is 8. The molecule has 2 aromatic heterocycles. The molecule has 0 bridgehead atoms. The van der Waals surface area contributed by atoms with Gasteiger partial charge in [0, 0.05) is 24.5 Å². The van der Waals surface area contributed by atoms with Gasteiger partial charge in [0.2, 0.25) is 5.95 Å². The quantitative estimate of drug-likeness (QED) is 0.649. The van der Waals surface area contributed by atoms with E-state index in [1.807, 2.05) is 49.4 Å². The van der Waals surface area contributed by atoms with Gasteiger partial charge < -0.3 is 15.4 Å². The van der Waals surface area contributed by atoms with Gasteiger partial charge in [-0.1, -0.05) is 18.2 Å². The summed E-state index contributed by atoms with van der Waals surface area (Å²) in [6, 6.07) is 15.9. The van der Waals surface area contributed by atoms with Crippen LogP contribution in [-0.4, -0.2) is 28.6 Å². The highest BCUT2D eigenvalue weighted by atomic mass is 16.5. The Morgan fingerprint density at radius 3 is 2.73 bits per heavy atom. The number of methoxy groups -OCH3 is 1. The molecule has 0 fully saturated rings. The molecule has 0 aliphatic carbocycles. The van der Waals surface area contributed by atoms with Gasteiger partial charge in [-0.3, -0.25) is 4.98 Å². The average molecular weight is 349 g/mol. The zero-order valence-electron chi connectivity index (χ0n) is 15.1. The molecule has 134 valence electrons. The number of nitrogens with zero attached hydrogens (tertiary/aromatic N) is 3. The van der Waals surface area contributed by atoms with Crippen LogP contribution in [0.4, 0.5) is 11.8 Å². The number of hydrogen-bond donors (Lipinski definition) is 2. The van der Waals surface area contributed by atoms with Crippen LogP contribution >= 0.6 is 0 Å². The lowest BCUT2D eigenvalue weighted by Gasteiger charge is -2.10. The smallest absolute Gasteiger partial charge is 0.225 e. The molecule has 26 heavy (non-hydrogen) atoms. The third-order valence-electron chi connectivity index (χ3n) is 3.86.